The van der Waals surface area contributed by atoms with Crippen LogP contribution in [0.3, 0.4) is 0 Å². The van der Waals surface area contributed by atoms with Gasteiger partial charge in [0.25, 0.3) is 11.1 Å². The Morgan fingerprint density at radius 2 is 1.94 bits per heavy atom. The number of rotatable bonds is 8. The van der Waals surface area contributed by atoms with Crippen molar-refractivity contribution in [2.75, 3.05) is 13.2 Å². The lowest BCUT2D eigenvalue weighted by atomic mass is 10.1. The van der Waals surface area contributed by atoms with Gasteiger partial charge < -0.3 is 15.2 Å². The van der Waals surface area contributed by atoms with Gasteiger partial charge in [-0.05, 0) is 76.1 Å². The number of imide groups is 1. The molecule has 0 saturated carbocycles. The molecule has 1 saturated heterocycles. The van der Waals surface area contributed by atoms with E-state index in [1.54, 1.807) is 24.3 Å². The number of carbonyl (C=O) groups is 3. The molecule has 1 aliphatic heterocycles. The smallest absolute Gasteiger partial charge is 0.294 e. The quantitative estimate of drug-likeness (QED) is 0.539. The molecular weight excluding hydrogens is 491 g/mol. The molecule has 7 nitrogen and oxygen atoms in total. The SMILES string of the molecule is CCOc1cc(/C=C2\SC(=O)N(CC(N)=O)C2=O)cc(Br)c1OCc1ccc(F)cc1. The van der Waals surface area contributed by atoms with E-state index in [1.807, 2.05) is 6.92 Å². The van der Waals surface area contributed by atoms with Crippen molar-refractivity contribution in [3.05, 3.63) is 62.7 Å². The molecule has 1 heterocycles. The minimum atomic E-state index is -0.771. The second-order valence-corrected chi connectivity index (χ2v) is 8.26. The highest BCUT2D eigenvalue weighted by atomic mass is 79.9. The molecule has 3 amide bonds. The van der Waals surface area contributed by atoms with Crippen LogP contribution in [0.1, 0.15) is 18.1 Å². The van der Waals surface area contributed by atoms with E-state index >= 15 is 0 Å². The number of nitrogens with two attached hydrogens (primary N) is 1. The molecule has 0 unspecified atom stereocenters. The molecule has 2 aromatic carbocycles. The zero-order valence-corrected chi connectivity index (χ0v) is 18.8. The summed E-state index contributed by atoms with van der Waals surface area (Å²) in [6.45, 7) is 1.92. The average Bonchev–Trinajstić information content (AvgIpc) is 2.96. The third-order valence-corrected chi connectivity index (χ3v) is 5.61. The van der Waals surface area contributed by atoms with E-state index in [2.05, 4.69) is 15.9 Å². The summed E-state index contributed by atoms with van der Waals surface area (Å²) in [4.78, 5) is 36.5. The lowest BCUT2D eigenvalue weighted by molar-refractivity contribution is -0.127. The van der Waals surface area contributed by atoms with Crippen molar-refractivity contribution >= 4 is 50.8 Å². The highest BCUT2D eigenvalue weighted by molar-refractivity contribution is 9.10. The van der Waals surface area contributed by atoms with Gasteiger partial charge in [-0.2, -0.15) is 0 Å². The van der Waals surface area contributed by atoms with E-state index in [-0.39, 0.29) is 17.3 Å². The second kappa shape index (κ2) is 9.97. The maximum atomic E-state index is 13.1. The van der Waals surface area contributed by atoms with Gasteiger partial charge in [0.05, 0.1) is 16.0 Å². The van der Waals surface area contributed by atoms with Crippen LogP contribution in [0.5, 0.6) is 11.5 Å². The van der Waals surface area contributed by atoms with Crippen LogP contribution in [-0.2, 0) is 16.2 Å². The number of nitrogens with zero attached hydrogens (tertiary/aromatic N) is 1. The lowest BCUT2D eigenvalue weighted by Gasteiger charge is -2.15. The van der Waals surface area contributed by atoms with Crippen molar-refractivity contribution in [1.82, 2.24) is 4.90 Å². The first-order chi connectivity index (χ1) is 14.8. The van der Waals surface area contributed by atoms with E-state index in [9.17, 15) is 18.8 Å². The highest BCUT2D eigenvalue weighted by Crippen LogP contribution is 2.39. The van der Waals surface area contributed by atoms with Gasteiger partial charge in [-0.25, -0.2) is 4.39 Å². The van der Waals surface area contributed by atoms with Crippen LogP contribution in [0.25, 0.3) is 6.08 Å². The molecule has 3 rings (SSSR count). The van der Waals surface area contributed by atoms with Gasteiger partial charge in [-0.15, -0.1) is 0 Å². The summed E-state index contributed by atoms with van der Waals surface area (Å²) in [6.07, 6.45) is 1.53. The molecular formula is C21H18BrFN2O5S. The van der Waals surface area contributed by atoms with Crippen LogP contribution in [0.2, 0.25) is 0 Å². The van der Waals surface area contributed by atoms with E-state index in [1.165, 1.54) is 18.2 Å². The molecule has 0 aromatic heterocycles. The van der Waals surface area contributed by atoms with Crippen molar-refractivity contribution in [3.63, 3.8) is 0 Å². The Morgan fingerprint density at radius 1 is 1.23 bits per heavy atom. The zero-order valence-electron chi connectivity index (χ0n) is 16.4. The Bertz CT molecular complexity index is 1060. The number of benzene rings is 2. The summed E-state index contributed by atoms with van der Waals surface area (Å²) in [7, 11) is 0. The summed E-state index contributed by atoms with van der Waals surface area (Å²) in [5.74, 6) is -0.802. The van der Waals surface area contributed by atoms with Crippen LogP contribution in [0.4, 0.5) is 9.18 Å². The minimum Gasteiger partial charge on any atom is -0.490 e. The Hall–Kier alpha value is -2.85. The predicted molar refractivity (Wildman–Crippen MR) is 118 cm³/mol. The number of primary amides is 1. The van der Waals surface area contributed by atoms with E-state index < -0.39 is 23.6 Å². The third-order valence-electron chi connectivity index (χ3n) is 4.11. The zero-order chi connectivity index (χ0) is 22.5. The van der Waals surface area contributed by atoms with Crippen molar-refractivity contribution in [3.8, 4) is 11.5 Å². The van der Waals surface area contributed by atoms with E-state index in [0.29, 0.717) is 28.1 Å². The Labute approximate surface area is 190 Å². The highest BCUT2D eigenvalue weighted by Gasteiger charge is 2.35. The number of amides is 3. The summed E-state index contributed by atoms with van der Waals surface area (Å²) in [5.41, 5.74) is 6.47. The maximum absolute atomic E-state index is 13.1. The van der Waals surface area contributed by atoms with Gasteiger partial charge in [-0.3, -0.25) is 19.3 Å². The molecule has 0 atom stereocenters. The summed E-state index contributed by atoms with van der Waals surface area (Å²) >= 11 is 4.18. The van der Waals surface area contributed by atoms with Gasteiger partial charge in [0.15, 0.2) is 11.5 Å². The molecule has 0 radical (unpaired) electrons. The summed E-state index contributed by atoms with van der Waals surface area (Å²) in [5, 5.41) is -0.557. The molecule has 1 aliphatic rings. The normalized spacial score (nSPS) is 14.9. The lowest BCUT2D eigenvalue weighted by Crippen LogP contribution is -2.36. The fourth-order valence-corrected chi connectivity index (χ4v) is 4.17. The largest absolute Gasteiger partial charge is 0.490 e. The van der Waals surface area contributed by atoms with Crippen LogP contribution in [0, 0.1) is 5.82 Å². The molecule has 162 valence electrons. The molecule has 2 N–H and O–H groups in total. The van der Waals surface area contributed by atoms with Crippen LogP contribution < -0.4 is 15.2 Å². The molecule has 2 aromatic rings. The fourth-order valence-electron chi connectivity index (χ4n) is 2.75. The van der Waals surface area contributed by atoms with Crippen LogP contribution in [0.15, 0.2) is 45.8 Å². The van der Waals surface area contributed by atoms with Gasteiger partial charge in [0, 0.05) is 0 Å². The number of carbonyl (C=O) groups excluding carboxylic acids is 3. The van der Waals surface area contributed by atoms with Crippen LogP contribution >= 0.6 is 27.7 Å². The molecule has 0 spiro atoms. The van der Waals surface area contributed by atoms with Gasteiger partial charge in [-0.1, -0.05) is 12.1 Å². The van der Waals surface area contributed by atoms with Crippen molar-refractivity contribution in [1.29, 1.82) is 0 Å². The number of hydrogen-bond donors (Lipinski definition) is 1. The number of hydrogen-bond acceptors (Lipinski definition) is 6. The van der Waals surface area contributed by atoms with Crippen molar-refractivity contribution < 1.29 is 28.2 Å². The minimum absolute atomic E-state index is 0.167. The van der Waals surface area contributed by atoms with Gasteiger partial charge >= 0.3 is 0 Å². The first-order valence-corrected chi connectivity index (χ1v) is 10.8. The third kappa shape index (κ3) is 5.65. The topological polar surface area (TPSA) is 98.9 Å². The molecule has 0 bridgehead atoms. The Morgan fingerprint density at radius 3 is 2.58 bits per heavy atom. The predicted octanol–water partition coefficient (Wildman–Crippen LogP) is 4.09. The van der Waals surface area contributed by atoms with Gasteiger partial charge in [0.2, 0.25) is 5.91 Å². The summed E-state index contributed by atoms with van der Waals surface area (Å²) < 4.78 is 25.2. The van der Waals surface area contributed by atoms with E-state index in [0.717, 1.165) is 22.2 Å². The average molecular weight is 509 g/mol. The standard InChI is InChI=1S/C21H18BrFN2O5S/c1-2-29-16-8-13(9-17-20(27)25(10-18(24)26)21(28)31-17)7-15(22)19(16)30-11-12-3-5-14(23)6-4-12/h3-9H,2,10-11H2,1H3,(H2,24,26)/b17-9-. The molecule has 10 heteroatoms. The first-order valence-electron chi connectivity index (χ1n) is 9.15. The maximum Gasteiger partial charge on any atom is 0.294 e. The second-order valence-electron chi connectivity index (χ2n) is 6.41. The molecule has 0 aliphatic carbocycles. The van der Waals surface area contributed by atoms with E-state index in [4.69, 9.17) is 15.2 Å². The van der Waals surface area contributed by atoms with Crippen LogP contribution in [-0.4, -0.2) is 35.1 Å². The van der Waals surface area contributed by atoms with Gasteiger partial charge in [0.1, 0.15) is 19.0 Å². The monoisotopic (exact) mass is 508 g/mol. The molecule has 1 fully saturated rings. The first kappa shape index (κ1) is 22.8. The summed E-state index contributed by atoms with van der Waals surface area (Å²) in [6, 6.07) is 9.35. The molecule has 31 heavy (non-hydrogen) atoms. The number of halogens is 2. The Kier molecular flexibility index (Phi) is 7.34. The van der Waals surface area contributed by atoms with Crippen molar-refractivity contribution in [2.24, 2.45) is 5.73 Å². The van der Waals surface area contributed by atoms with Crippen molar-refractivity contribution in [2.45, 2.75) is 13.5 Å². The number of ether oxygens (including phenoxy) is 2. The Balaban J connectivity index is 1.85. The number of thioether (sulfide) groups is 1. The fraction of sp³-hybridized carbons (Fsp3) is 0.190.